The standard InChI is InChI=1S/C19H24N4O5S/c1-14-4-5-17(10-15(14)2)29(26,27)23-8-6-22(7-9-23)18(24)13-28-19(25)16-11-20-21(3)12-16/h4-5,10-12H,6-9,13H2,1-3H3. The Kier molecular flexibility index (Phi) is 6.04. The van der Waals surface area contributed by atoms with E-state index >= 15 is 0 Å². The van der Waals surface area contributed by atoms with E-state index in [2.05, 4.69) is 5.10 Å². The Balaban J connectivity index is 1.54. The van der Waals surface area contributed by atoms with Gasteiger partial charge in [-0.15, -0.1) is 0 Å². The van der Waals surface area contributed by atoms with Crippen LogP contribution < -0.4 is 0 Å². The lowest BCUT2D eigenvalue weighted by Gasteiger charge is -2.34. The topological polar surface area (TPSA) is 102 Å². The van der Waals surface area contributed by atoms with Crippen molar-refractivity contribution in [1.82, 2.24) is 19.0 Å². The summed E-state index contributed by atoms with van der Waals surface area (Å²) in [5.74, 6) is -0.979. The van der Waals surface area contributed by atoms with E-state index in [0.717, 1.165) is 11.1 Å². The number of aryl methyl sites for hydroxylation is 3. The molecule has 1 aliphatic rings. The van der Waals surface area contributed by atoms with Crippen LogP contribution >= 0.6 is 0 Å². The minimum atomic E-state index is -3.61. The van der Waals surface area contributed by atoms with Crippen molar-refractivity contribution in [3.63, 3.8) is 0 Å². The average Bonchev–Trinajstić information content (AvgIpc) is 3.14. The van der Waals surface area contributed by atoms with Gasteiger partial charge in [0.15, 0.2) is 6.61 Å². The molecule has 0 bridgehead atoms. The van der Waals surface area contributed by atoms with E-state index in [4.69, 9.17) is 4.74 Å². The number of ether oxygens (including phenoxy) is 1. The highest BCUT2D eigenvalue weighted by Crippen LogP contribution is 2.20. The smallest absolute Gasteiger partial charge is 0.341 e. The Morgan fingerprint density at radius 3 is 2.38 bits per heavy atom. The van der Waals surface area contributed by atoms with E-state index in [9.17, 15) is 18.0 Å². The number of hydrogen-bond donors (Lipinski definition) is 0. The van der Waals surface area contributed by atoms with Crippen LogP contribution in [-0.2, 0) is 26.6 Å². The Hall–Kier alpha value is -2.72. The summed E-state index contributed by atoms with van der Waals surface area (Å²) in [6.07, 6.45) is 2.87. The van der Waals surface area contributed by atoms with Crippen LogP contribution in [0.4, 0.5) is 0 Å². The van der Waals surface area contributed by atoms with Crippen molar-refractivity contribution in [2.45, 2.75) is 18.7 Å². The lowest BCUT2D eigenvalue weighted by molar-refractivity contribution is -0.135. The van der Waals surface area contributed by atoms with E-state index in [0.29, 0.717) is 0 Å². The predicted octanol–water partition coefficient (Wildman–Crippen LogP) is 0.727. The van der Waals surface area contributed by atoms with Crippen LogP contribution in [0.3, 0.4) is 0 Å². The molecule has 1 aliphatic heterocycles. The van der Waals surface area contributed by atoms with E-state index < -0.39 is 22.6 Å². The molecule has 1 aromatic heterocycles. The Bertz CT molecular complexity index is 1020. The second-order valence-electron chi connectivity index (χ2n) is 7.01. The summed E-state index contributed by atoms with van der Waals surface area (Å²) in [5, 5.41) is 3.88. The highest BCUT2D eigenvalue weighted by atomic mass is 32.2. The monoisotopic (exact) mass is 420 g/mol. The normalized spacial score (nSPS) is 15.3. The van der Waals surface area contributed by atoms with Gasteiger partial charge in [-0.3, -0.25) is 9.48 Å². The molecule has 0 aliphatic carbocycles. The zero-order valence-corrected chi connectivity index (χ0v) is 17.5. The largest absolute Gasteiger partial charge is 0.452 e. The maximum absolute atomic E-state index is 12.8. The molecule has 1 fully saturated rings. The molecule has 2 aromatic rings. The lowest BCUT2D eigenvalue weighted by Crippen LogP contribution is -2.51. The summed E-state index contributed by atoms with van der Waals surface area (Å²) in [5.41, 5.74) is 2.21. The second-order valence-corrected chi connectivity index (χ2v) is 8.95. The number of nitrogens with zero attached hydrogens (tertiary/aromatic N) is 4. The number of esters is 1. The van der Waals surface area contributed by atoms with Crippen molar-refractivity contribution in [3.8, 4) is 0 Å². The summed E-state index contributed by atoms with van der Waals surface area (Å²) in [6.45, 7) is 4.28. The third-order valence-electron chi connectivity index (χ3n) is 4.97. The molecular weight excluding hydrogens is 396 g/mol. The minimum Gasteiger partial charge on any atom is -0.452 e. The molecule has 0 unspecified atom stereocenters. The van der Waals surface area contributed by atoms with E-state index in [1.807, 2.05) is 13.8 Å². The molecule has 0 radical (unpaired) electrons. The molecule has 0 atom stereocenters. The van der Waals surface area contributed by atoms with Gasteiger partial charge in [-0.1, -0.05) is 6.07 Å². The van der Waals surface area contributed by atoms with Crippen molar-refractivity contribution in [1.29, 1.82) is 0 Å². The number of rotatable bonds is 5. The molecular formula is C19H24N4O5S. The quantitative estimate of drug-likeness (QED) is 0.661. The van der Waals surface area contributed by atoms with Gasteiger partial charge >= 0.3 is 5.97 Å². The number of piperazine rings is 1. The molecule has 9 nitrogen and oxygen atoms in total. The van der Waals surface area contributed by atoms with Gasteiger partial charge in [-0.2, -0.15) is 9.40 Å². The molecule has 3 rings (SSSR count). The molecule has 1 saturated heterocycles. The molecule has 10 heteroatoms. The first kappa shape index (κ1) is 21.0. The molecule has 1 aromatic carbocycles. The fraction of sp³-hybridized carbons (Fsp3) is 0.421. The Morgan fingerprint density at radius 2 is 1.79 bits per heavy atom. The summed E-state index contributed by atoms with van der Waals surface area (Å²) >= 11 is 0. The van der Waals surface area contributed by atoms with E-state index in [-0.39, 0.29) is 42.5 Å². The van der Waals surface area contributed by atoms with Crippen LogP contribution in [0.1, 0.15) is 21.5 Å². The summed E-state index contributed by atoms with van der Waals surface area (Å²) in [6, 6.07) is 5.06. The fourth-order valence-corrected chi connectivity index (χ4v) is 4.54. The summed E-state index contributed by atoms with van der Waals surface area (Å²) in [7, 11) is -1.94. The van der Waals surface area contributed by atoms with Gasteiger partial charge in [0.05, 0.1) is 16.7 Å². The van der Waals surface area contributed by atoms with Gasteiger partial charge in [-0.25, -0.2) is 13.2 Å². The molecule has 156 valence electrons. The highest BCUT2D eigenvalue weighted by molar-refractivity contribution is 7.89. The Morgan fingerprint density at radius 1 is 1.10 bits per heavy atom. The van der Waals surface area contributed by atoms with Crippen LogP contribution in [-0.4, -0.2) is 72.1 Å². The van der Waals surface area contributed by atoms with Crippen molar-refractivity contribution in [2.24, 2.45) is 7.05 Å². The van der Waals surface area contributed by atoms with Gasteiger partial charge in [0.2, 0.25) is 10.0 Å². The zero-order chi connectivity index (χ0) is 21.2. The van der Waals surface area contributed by atoms with E-state index in [1.165, 1.54) is 26.3 Å². The van der Waals surface area contributed by atoms with Gasteiger partial charge in [-0.05, 0) is 37.1 Å². The molecule has 2 heterocycles. The third-order valence-corrected chi connectivity index (χ3v) is 6.87. The summed E-state index contributed by atoms with van der Waals surface area (Å²) in [4.78, 5) is 26.0. The van der Waals surface area contributed by atoms with Crippen LogP contribution in [0.15, 0.2) is 35.5 Å². The number of carbonyl (C=O) groups is 2. The van der Waals surface area contributed by atoms with E-state index in [1.54, 1.807) is 25.2 Å². The SMILES string of the molecule is Cc1ccc(S(=O)(=O)N2CCN(C(=O)COC(=O)c3cnn(C)c3)CC2)cc1C. The van der Waals surface area contributed by atoms with Crippen molar-refractivity contribution in [3.05, 3.63) is 47.3 Å². The minimum absolute atomic E-state index is 0.192. The van der Waals surface area contributed by atoms with Crippen molar-refractivity contribution in [2.75, 3.05) is 32.8 Å². The van der Waals surface area contributed by atoms with Gasteiger partial charge in [0.1, 0.15) is 0 Å². The van der Waals surface area contributed by atoms with Crippen LogP contribution in [0.25, 0.3) is 0 Å². The molecule has 1 amide bonds. The maximum Gasteiger partial charge on any atom is 0.341 e. The number of aromatic nitrogens is 2. The number of hydrogen-bond acceptors (Lipinski definition) is 6. The predicted molar refractivity (Wildman–Crippen MR) is 105 cm³/mol. The lowest BCUT2D eigenvalue weighted by atomic mass is 10.1. The zero-order valence-electron chi connectivity index (χ0n) is 16.7. The third kappa shape index (κ3) is 4.65. The number of benzene rings is 1. The first-order valence-electron chi connectivity index (χ1n) is 9.19. The fourth-order valence-electron chi connectivity index (χ4n) is 3.03. The molecule has 0 N–H and O–H groups in total. The molecule has 0 saturated carbocycles. The molecule has 0 spiro atoms. The first-order chi connectivity index (χ1) is 13.7. The second kappa shape index (κ2) is 8.34. The van der Waals surface area contributed by atoms with Gasteiger partial charge < -0.3 is 9.64 Å². The number of sulfonamides is 1. The van der Waals surface area contributed by atoms with Crippen LogP contribution in [0.2, 0.25) is 0 Å². The van der Waals surface area contributed by atoms with Gasteiger partial charge in [0, 0.05) is 39.4 Å². The van der Waals surface area contributed by atoms with Crippen molar-refractivity contribution < 1.29 is 22.7 Å². The van der Waals surface area contributed by atoms with Crippen LogP contribution in [0, 0.1) is 13.8 Å². The average molecular weight is 420 g/mol. The highest BCUT2D eigenvalue weighted by Gasteiger charge is 2.30. The Labute approximate surface area is 169 Å². The first-order valence-corrected chi connectivity index (χ1v) is 10.6. The van der Waals surface area contributed by atoms with Gasteiger partial charge in [0.25, 0.3) is 5.91 Å². The number of amides is 1. The van der Waals surface area contributed by atoms with Crippen molar-refractivity contribution >= 4 is 21.9 Å². The number of carbonyl (C=O) groups excluding carboxylic acids is 2. The van der Waals surface area contributed by atoms with Crippen LogP contribution in [0.5, 0.6) is 0 Å². The maximum atomic E-state index is 12.8. The molecule has 29 heavy (non-hydrogen) atoms. The summed E-state index contributed by atoms with van der Waals surface area (Å²) < 4.78 is 33.6.